The van der Waals surface area contributed by atoms with Crippen molar-refractivity contribution in [2.24, 2.45) is 0 Å². The van der Waals surface area contributed by atoms with E-state index in [-0.39, 0.29) is 6.04 Å². The first-order chi connectivity index (χ1) is 9.94. The molecule has 1 aromatic heterocycles. The highest BCUT2D eigenvalue weighted by molar-refractivity contribution is 7.89. The Morgan fingerprint density at radius 1 is 1.19 bits per heavy atom. The third kappa shape index (κ3) is 3.91. The van der Waals surface area contributed by atoms with Gasteiger partial charge >= 0.3 is 0 Å². The highest BCUT2D eigenvalue weighted by Gasteiger charge is 2.16. The fourth-order valence-electron chi connectivity index (χ4n) is 2.07. The molecule has 114 valence electrons. The summed E-state index contributed by atoms with van der Waals surface area (Å²) >= 11 is 1.75. The van der Waals surface area contributed by atoms with Crippen LogP contribution in [-0.2, 0) is 16.6 Å². The van der Waals surface area contributed by atoms with Crippen LogP contribution < -0.4 is 10.0 Å². The summed E-state index contributed by atoms with van der Waals surface area (Å²) in [4.78, 5) is 2.85. The van der Waals surface area contributed by atoms with Crippen LogP contribution in [0, 0.1) is 6.92 Å². The van der Waals surface area contributed by atoms with Gasteiger partial charge in [-0.2, -0.15) is 0 Å². The lowest BCUT2D eigenvalue weighted by molar-refractivity contribution is 0.568. The van der Waals surface area contributed by atoms with Crippen LogP contribution in [0.4, 0.5) is 0 Å². The second-order valence-corrected chi connectivity index (χ2v) is 8.04. The molecule has 0 aliphatic rings. The summed E-state index contributed by atoms with van der Waals surface area (Å²) in [5.41, 5.74) is 0.770. The van der Waals surface area contributed by atoms with E-state index >= 15 is 0 Å². The fourth-order valence-corrected chi connectivity index (χ4v) is 3.94. The molecule has 1 atom stereocenters. The summed E-state index contributed by atoms with van der Waals surface area (Å²) in [6, 6.07) is 11.4. The van der Waals surface area contributed by atoms with Gasteiger partial charge in [0.05, 0.1) is 4.90 Å². The van der Waals surface area contributed by atoms with E-state index in [9.17, 15) is 8.42 Å². The maximum absolute atomic E-state index is 12.0. The molecule has 0 fully saturated rings. The second kappa shape index (κ2) is 6.70. The van der Waals surface area contributed by atoms with Crippen molar-refractivity contribution < 1.29 is 8.42 Å². The Bertz CT molecular complexity index is 708. The number of hydrogen-bond acceptors (Lipinski definition) is 4. The topological polar surface area (TPSA) is 58.2 Å². The summed E-state index contributed by atoms with van der Waals surface area (Å²) in [6.07, 6.45) is 0. The van der Waals surface area contributed by atoms with Gasteiger partial charge in [0, 0.05) is 22.3 Å². The summed E-state index contributed by atoms with van der Waals surface area (Å²) in [5, 5.41) is 3.38. The van der Waals surface area contributed by atoms with Crippen LogP contribution in [0.3, 0.4) is 0 Å². The number of rotatable bonds is 6. The summed E-state index contributed by atoms with van der Waals surface area (Å²) in [6.45, 7) is 4.67. The van der Waals surface area contributed by atoms with Gasteiger partial charge in [0.15, 0.2) is 0 Å². The van der Waals surface area contributed by atoms with Crippen molar-refractivity contribution in [1.29, 1.82) is 0 Å². The molecular formula is C15H20N2O2S2. The molecule has 0 spiro atoms. The maximum atomic E-state index is 12.0. The minimum Gasteiger partial charge on any atom is -0.305 e. The third-order valence-electron chi connectivity index (χ3n) is 3.32. The van der Waals surface area contributed by atoms with Crippen LogP contribution in [0.1, 0.15) is 28.3 Å². The van der Waals surface area contributed by atoms with E-state index in [4.69, 9.17) is 0 Å². The van der Waals surface area contributed by atoms with Crippen molar-refractivity contribution in [1.82, 2.24) is 10.0 Å². The molecule has 0 saturated carbocycles. The molecule has 1 unspecified atom stereocenters. The summed E-state index contributed by atoms with van der Waals surface area (Å²) in [7, 11) is -2.00. The lowest BCUT2D eigenvalue weighted by atomic mass is 10.2. The van der Waals surface area contributed by atoms with E-state index in [1.54, 1.807) is 23.5 Å². The smallest absolute Gasteiger partial charge is 0.240 e. The second-order valence-electron chi connectivity index (χ2n) is 4.87. The van der Waals surface area contributed by atoms with Crippen molar-refractivity contribution in [3.05, 3.63) is 51.7 Å². The van der Waals surface area contributed by atoms with Crippen molar-refractivity contribution in [3.63, 3.8) is 0 Å². The highest BCUT2D eigenvalue weighted by atomic mass is 32.2. The maximum Gasteiger partial charge on any atom is 0.240 e. The van der Waals surface area contributed by atoms with Gasteiger partial charge in [-0.25, -0.2) is 13.1 Å². The lowest BCUT2D eigenvalue weighted by Crippen LogP contribution is -2.23. The minimum absolute atomic E-state index is 0.189. The molecule has 2 aromatic rings. The van der Waals surface area contributed by atoms with Crippen molar-refractivity contribution in [2.45, 2.75) is 31.3 Å². The first-order valence-electron chi connectivity index (χ1n) is 6.75. The van der Waals surface area contributed by atoms with Gasteiger partial charge in [-0.3, -0.25) is 0 Å². The van der Waals surface area contributed by atoms with E-state index in [1.807, 2.05) is 12.1 Å². The quantitative estimate of drug-likeness (QED) is 0.859. The molecule has 0 aliphatic carbocycles. The van der Waals surface area contributed by atoms with Gasteiger partial charge in [0.25, 0.3) is 0 Å². The monoisotopic (exact) mass is 324 g/mol. The molecule has 0 aliphatic heterocycles. The largest absolute Gasteiger partial charge is 0.305 e. The molecule has 0 bridgehead atoms. The molecule has 2 N–H and O–H groups in total. The molecule has 1 aromatic carbocycles. The van der Waals surface area contributed by atoms with E-state index in [0.717, 1.165) is 5.56 Å². The molecule has 0 amide bonds. The van der Waals surface area contributed by atoms with Gasteiger partial charge < -0.3 is 5.32 Å². The lowest BCUT2D eigenvalue weighted by Gasteiger charge is -2.14. The predicted molar refractivity (Wildman–Crippen MR) is 87.0 cm³/mol. The van der Waals surface area contributed by atoms with Crippen LogP contribution in [0.5, 0.6) is 0 Å². The average molecular weight is 324 g/mol. The Labute approximate surface area is 130 Å². The van der Waals surface area contributed by atoms with Crippen molar-refractivity contribution in [3.8, 4) is 0 Å². The van der Waals surface area contributed by atoms with Gasteiger partial charge in [-0.1, -0.05) is 18.2 Å². The number of benzene rings is 1. The van der Waals surface area contributed by atoms with E-state index < -0.39 is 10.0 Å². The molecule has 2 rings (SSSR count). The van der Waals surface area contributed by atoms with Crippen LogP contribution in [-0.4, -0.2) is 15.5 Å². The molecule has 6 heteroatoms. The van der Waals surface area contributed by atoms with E-state index in [2.05, 4.69) is 36.0 Å². The van der Waals surface area contributed by atoms with Crippen LogP contribution >= 0.6 is 11.3 Å². The number of hydrogen-bond donors (Lipinski definition) is 2. The Hall–Kier alpha value is -1.21. The Morgan fingerprint density at radius 2 is 1.90 bits per heavy atom. The molecule has 0 radical (unpaired) electrons. The van der Waals surface area contributed by atoms with Crippen LogP contribution in [0.25, 0.3) is 0 Å². The first kappa shape index (κ1) is 16.2. The van der Waals surface area contributed by atoms with Crippen LogP contribution in [0.2, 0.25) is 0 Å². The SMILES string of the molecule is CNS(=O)(=O)c1ccccc1CNC(C)c1ccc(C)s1. The minimum atomic E-state index is -3.42. The summed E-state index contributed by atoms with van der Waals surface area (Å²) < 4.78 is 26.4. The first-order valence-corrected chi connectivity index (χ1v) is 9.05. The number of thiophene rings is 1. The average Bonchev–Trinajstić information content (AvgIpc) is 2.91. The molecular weight excluding hydrogens is 304 g/mol. The van der Waals surface area contributed by atoms with Crippen molar-refractivity contribution >= 4 is 21.4 Å². The Morgan fingerprint density at radius 3 is 2.52 bits per heavy atom. The molecule has 0 saturated heterocycles. The standard InChI is InChI=1S/C15H20N2O2S2/c1-11-8-9-14(20-11)12(2)17-10-13-6-4-5-7-15(13)21(18,19)16-3/h4-9,12,16-17H,10H2,1-3H3. The van der Waals surface area contributed by atoms with Crippen LogP contribution in [0.15, 0.2) is 41.3 Å². The number of nitrogens with one attached hydrogen (secondary N) is 2. The van der Waals surface area contributed by atoms with E-state index in [0.29, 0.717) is 11.4 Å². The number of sulfonamides is 1. The Balaban J connectivity index is 2.14. The highest BCUT2D eigenvalue weighted by Crippen LogP contribution is 2.23. The normalized spacial score (nSPS) is 13.3. The van der Waals surface area contributed by atoms with Gasteiger partial charge in [-0.15, -0.1) is 11.3 Å². The fraction of sp³-hybridized carbons (Fsp3) is 0.333. The predicted octanol–water partition coefficient (Wildman–Crippen LogP) is 2.82. The zero-order valence-electron chi connectivity index (χ0n) is 12.4. The van der Waals surface area contributed by atoms with Crippen molar-refractivity contribution in [2.75, 3.05) is 7.05 Å². The van der Waals surface area contributed by atoms with Gasteiger partial charge in [0.2, 0.25) is 10.0 Å². The molecule has 21 heavy (non-hydrogen) atoms. The van der Waals surface area contributed by atoms with Gasteiger partial charge in [-0.05, 0) is 44.7 Å². The number of aryl methyl sites for hydroxylation is 1. The molecule has 4 nitrogen and oxygen atoms in total. The zero-order chi connectivity index (χ0) is 15.5. The zero-order valence-corrected chi connectivity index (χ0v) is 14.0. The third-order valence-corrected chi connectivity index (χ3v) is 6.02. The summed E-state index contributed by atoms with van der Waals surface area (Å²) in [5.74, 6) is 0. The van der Waals surface area contributed by atoms with E-state index in [1.165, 1.54) is 16.8 Å². The van der Waals surface area contributed by atoms with Gasteiger partial charge in [0.1, 0.15) is 0 Å². The molecule has 1 heterocycles. The Kier molecular flexibility index (Phi) is 5.16.